The Bertz CT molecular complexity index is 602. The molecule has 1 aromatic carbocycles. The predicted molar refractivity (Wildman–Crippen MR) is 77.3 cm³/mol. The van der Waals surface area contributed by atoms with Crippen molar-refractivity contribution in [3.63, 3.8) is 0 Å². The van der Waals surface area contributed by atoms with Gasteiger partial charge in [0.2, 0.25) is 5.89 Å². The molecule has 0 spiro atoms. The molecule has 2 aromatic rings. The molecule has 0 unspecified atom stereocenters. The van der Waals surface area contributed by atoms with E-state index in [4.69, 9.17) is 4.52 Å². The molecule has 0 radical (unpaired) electrons. The molecule has 0 amide bonds. The molecule has 0 atom stereocenters. The Hall–Kier alpha value is -1.75. The minimum Gasteiger partial charge on any atom is -0.338 e. The number of rotatable bonds is 6. The number of halogens is 1. The summed E-state index contributed by atoms with van der Waals surface area (Å²) in [6.07, 6.45) is 2.64. The molecule has 0 saturated heterocycles. The van der Waals surface area contributed by atoms with Gasteiger partial charge in [0.05, 0.1) is 12.0 Å². The fourth-order valence-electron chi connectivity index (χ4n) is 2.28. The van der Waals surface area contributed by atoms with Crippen LogP contribution in [0, 0.1) is 11.7 Å². The number of hydrogen-bond donors (Lipinski definition) is 1. The fourth-order valence-corrected chi connectivity index (χ4v) is 2.28. The maximum absolute atomic E-state index is 13.0. The lowest BCUT2D eigenvalue weighted by Gasteiger charge is -2.20. The summed E-state index contributed by atoms with van der Waals surface area (Å²) in [4.78, 5) is 4.46. The highest BCUT2D eigenvalue weighted by Crippen LogP contribution is 2.29. The minimum absolute atomic E-state index is 0.243. The van der Waals surface area contributed by atoms with Crippen molar-refractivity contribution < 1.29 is 8.91 Å². The zero-order chi connectivity index (χ0) is 14.9. The van der Waals surface area contributed by atoms with Gasteiger partial charge in [-0.1, -0.05) is 17.3 Å². The summed E-state index contributed by atoms with van der Waals surface area (Å²) < 4.78 is 18.3. The Labute approximate surface area is 123 Å². The standard InChI is InChI=1S/C16H20FN3O/c1-16(2,12-5-7-13(17)8-6-12)15-19-14(21-20-15)10-18-9-11-3-4-11/h5-8,11,18H,3-4,9-10H2,1-2H3. The normalized spacial score (nSPS) is 15.4. The van der Waals surface area contributed by atoms with Gasteiger partial charge in [0.1, 0.15) is 5.82 Å². The molecule has 3 rings (SSSR count). The van der Waals surface area contributed by atoms with Crippen LogP contribution in [0.3, 0.4) is 0 Å². The molecular formula is C16H20FN3O. The highest BCUT2D eigenvalue weighted by atomic mass is 19.1. The molecule has 0 bridgehead atoms. The largest absolute Gasteiger partial charge is 0.338 e. The number of benzene rings is 1. The molecule has 112 valence electrons. The lowest BCUT2D eigenvalue weighted by molar-refractivity contribution is 0.356. The van der Waals surface area contributed by atoms with Gasteiger partial charge in [0.15, 0.2) is 5.82 Å². The van der Waals surface area contributed by atoms with Crippen LogP contribution < -0.4 is 5.32 Å². The van der Waals surface area contributed by atoms with Gasteiger partial charge in [-0.05, 0) is 56.8 Å². The Morgan fingerprint density at radius 3 is 2.67 bits per heavy atom. The second-order valence-electron chi connectivity index (χ2n) is 6.22. The second-order valence-corrected chi connectivity index (χ2v) is 6.22. The average molecular weight is 289 g/mol. The van der Waals surface area contributed by atoms with Crippen LogP contribution in [0.2, 0.25) is 0 Å². The fraction of sp³-hybridized carbons (Fsp3) is 0.500. The van der Waals surface area contributed by atoms with Crippen molar-refractivity contribution in [2.24, 2.45) is 5.92 Å². The van der Waals surface area contributed by atoms with Crippen molar-refractivity contribution >= 4 is 0 Å². The van der Waals surface area contributed by atoms with Gasteiger partial charge >= 0.3 is 0 Å². The van der Waals surface area contributed by atoms with Crippen LogP contribution in [-0.4, -0.2) is 16.7 Å². The van der Waals surface area contributed by atoms with Crippen molar-refractivity contribution in [1.29, 1.82) is 0 Å². The number of nitrogens with zero attached hydrogens (tertiary/aromatic N) is 2. The molecule has 21 heavy (non-hydrogen) atoms. The van der Waals surface area contributed by atoms with E-state index in [1.165, 1.54) is 25.0 Å². The van der Waals surface area contributed by atoms with Crippen LogP contribution in [0.15, 0.2) is 28.8 Å². The van der Waals surface area contributed by atoms with Crippen molar-refractivity contribution in [3.05, 3.63) is 47.4 Å². The minimum atomic E-state index is -0.411. The molecule has 4 nitrogen and oxygen atoms in total. The van der Waals surface area contributed by atoms with Crippen LogP contribution in [0.5, 0.6) is 0 Å². The molecule has 1 heterocycles. The van der Waals surface area contributed by atoms with Gasteiger partial charge in [-0.25, -0.2) is 4.39 Å². The first-order valence-corrected chi connectivity index (χ1v) is 7.35. The summed E-state index contributed by atoms with van der Waals surface area (Å²) in [7, 11) is 0. The van der Waals surface area contributed by atoms with Crippen molar-refractivity contribution in [1.82, 2.24) is 15.5 Å². The van der Waals surface area contributed by atoms with E-state index in [0.29, 0.717) is 18.3 Å². The van der Waals surface area contributed by atoms with Crippen molar-refractivity contribution in [3.8, 4) is 0 Å². The third-order valence-corrected chi connectivity index (χ3v) is 4.00. The van der Waals surface area contributed by atoms with Crippen molar-refractivity contribution in [2.45, 2.75) is 38.6 Å². The zero-order valence-corrected chi connectivity index (χ0v) is 12.4. The van der Waals surface area contributed by atoms with Crippen LogP contribution in [0.4, 0.5) is 4.39 Å². The molecule has 1 N–H and O–H groups in total. The lowest BCUT2D eigenvalue weighted by Crippen LogP contribution is -2.21. The molecule has 1 fully saturated rings. The van der Waals surface area contributed by atoms with E-state index in [9.17, 15) is 4.39 Å². The first kappa shape index (κ1) is 14.2. The van der Waals surface area contributed by atoms with Gasteiger partial charge in [-0.2, -0.15) is 4.98 Å². The Morgan fingerprint density at radius 1 is 1.29 bits per heavy atom. The van der Waals surface area contributed by atoms with E-state index in [-0.39, 0.29) is 5.82 Å². The molecule has 5 heteroatoms. The summed E-state index contributed by atoms with van der Waals surface area (Å²) >= 11 is 0. The van der Waals surface area contributed by atoms with E-state index >= 15 is 0 Å². The third-order valence-electron chi connectivity index (χ3n) is 4.00. The van der Waals surface area contributed by atoms with E-state index < -0.39 is 5.41 Å². The van der Waals surface area contributed by atoms with Crippen molar-refractivity contribution in [2.75, 3.05) is 6.54 Å². The predicted octanol–water partition coefficient (Wildman–Crippen LogP) is 3.03. The molecule has 1 aliphatic rings. The summed E-state index contributed by atoms with van der Waals surface area (Å²) in [5, 5.41) is 7.41. The molecule has 1 saturated carbocycles. The highest BCUT2D eigenvalue weighted by molar-refractivity contribution is 5.30. The van der Waals surface area contributed by atoms with Gasteiger partial charge in [-0.3, -0.25) is 0 Å². The topological polar surface area (TPSA) is 51.0 Å². The molecule has 0 aliphatic heterocycles. The van der Waals surface area contributed by atoms with E-state index in [1.54, 1.807) is 12.1 Å². The Kier molecular flexibility index (Phi) is 3.76. The number of aromatic nitrogens is 2. The maximum Gasteiger partial charge on any atom is 0.240 e. The highest BCUT2D eigenvalue weighted by Gasteiger charge is 2.29. The lowest BCUT2D eigenvalue weighted by atomic mass is 9.84. The smallest absolute Gasteiger partial charge is 0.240 e. The van der Waals surface area contributed by atoms with Crippen LogP contribution >= 0.6 is 0 Å². The van der Waals surface area contributed by atoms with Gasteiger partial charge in [-0.15, -0.1) is 0 Å². The van der Waals surface area contributed by atoms with Crippen LogP contribution in [0.1, 0.15) is 44.0 Å². The number of nitrogens with one attached hydrogen (secondary N) is 1. The molecular weight excluding hydrogens is 269 g/mol. The van der Waals surface area contributed by atoms with Crippen LogP contribution in [0.25, 0.3) is 0 Å². The summed E-state index contributed by atoms with van der Waals surface area (Å²) in [6, 6.07) is 6.43. The first-order chi connectivity index (χ1) is 10.1. The SMILES string of the molecule is CC(C)(c1ccc(F)cc1)c1noc(CNCC2CC2)n1. The number of hydrogen-bond acceptors (Lipinski definition) is 4. The first-order valence-electron chi connectivity index (χ1n) is 7.35. The summed E-state index contributed by atoms with van der Waals surface area (Å²) in [5.41, 5.74) is 0.550. The second kappa shape index (κ2) is 5.56. The van der Waals surface area contributed by atoms with Gasteiger partial charge in [0.25, 0.3) is 0 Å². The van der Waals surface area contributed by atoms with Crippen LogP contribution in [-0.2, 0) is 12.0 Å². The molecule has 1 aromatic heterocycles. The Morgan fingerprint density at radius 2 is 2.00 bits per heavy atom. The van der Waals surface area contributed by atoms with Gasteiger partial charge in [0, 0.05) is 0 Å². The van der Waals surface area contributed by atoms with E-state index in [1.807, 2.05) is 13.8 Å². The molecule has 1 aliphatic carbocycles. The quantitative estimate of drug-likeness (QED) is 0.888. The average Bonchev–Trinajstić information content (AvgIpc) is 3.15. The third kappa shape index (κ3) is 3.29. The van der Waals surface area contributed by atoms with E-state index in [0.717, 1.165) is 18.0 Å². The monoisotopic (exact) mass is 289 g/mol. The van der Waals surface area contributed by atoms with Gasteiger partial charge < -0.3 is 9.84 Å². The van der Waals surface area contributed by atoms with E-state index in [2.05, 4.69) is 15.5 Å². The zero-order valence-electron chi connectivity index (χ0n) is 12.4. The summed E-state index contributed by atoms with van der Waals surface area (Å²) in [5.74, 6) is 1.80. The maximum atomic E-state index is 13.0. The Balaban J connectivity index is 1.69. The summed E-state index contributed by atoms with van der Waals surface area (Å²) in [6.45, 7) is 5.63.